The summed E-state index contributed by atoms with van der Waals surface area (Å²) >= 11 is 0. The van der Waals surface area contributed by atoms with E-state index in [1.165, 1.54) is 0 Å². The molecule has 0 spiro atoms. The Morgan fingerprint density at radius 2 is 1.24 bits per heavy atom. The second-order valence-corrected chi connectivity index (χ2v) is 5.86. The number of halogens is 9. The summed E-state index contributed by atoms with van der Waals surface area (Å²) in [6.07, 6.45) is -9.50. The van der Waals surface area contributed by atoms with Gasteiger partial charge in [-0.05, 0) is 6.92 Å². The molecular weight excluding hydrogens is 349 g/mol. The van der Waals surface area contributed by atoms with Crippen LogP contribution in [0.1, 0.15) is 6.92 Å². The second kappa shape index (κ2) is 5.15. The van der Waals surface area contributed by atoms with Crippen LogP contribution in [0.3, 0.4) is 0 Å². The number of alkyl halides is 9. The molecule has 0 aliphatic carbocycles. The summed E-state index contributed by atoms with van der Waals surface area (Å²) < 4.78 is 134. The van der Waals surface area contributed by atoms with Crippen molar-refractivity contribution in [1.82, 2.24) is 4.31 Å². The molecular formula is C7H8F9NO3S. The molecule has 0 heterocycles. The first-order chi connectivity index (χ1) is 8.85. The lowest BCUT2D eigenvalue weighted by molar-refractivity contribution is -0.382. The van der Waals surface area contributed by atoms with Crippen molar-refractivity contribution >= 4 is 10.0 Å². The summed E-state index contributed by atoms with van der Waals surface area (Å²) in [6.45, 7) is 0.480. The van der Waals surface area contributed by atoms with Crippen LogP contribution < -0.4 is 0 Å². The number of aliphatic hydroxyl groups is 1. The first-order valence-electron chi connectivity index (χ1n) is 4.71. The molecule has 1 unspecified atom stereocenters. The van der Waals surface area contributed by atoms with Crippen molar-refractivity contribution in [2.24, 2.45) is 0 Å². The zero-order chi connectivity index (χ0) is 17.7. The van der Waals surface area contributed by atoms with Gasteiger partial charge in [0.15, 0.2) is 0 Å². The zero-order valence-corrected chi connectivity index (χ0v) is 10.9. The van der Waals surface area contributed by atoms with E-state index in [-0.39, 0.29) is 7.05 Å². The van der Waals surface area contributed by atoms with E-state index in [2.05, 4.69) is 0 Å². The fourth-order valence-corrected chi connectivity index (χ4v) is 2.12. The average Bonchev–Trinajstić information content (AvgIpc) is 2.25. The molecule has 1 N–H and O–H groups in total. The van der Waals surface area contributed by atoms with Crippen LogP contribution in [-0.4, -0.2) is 54.4 Å². The quantitative estimate of drug-likeness (QED) is 0.605. The normalized spacial score (nSPS) is 17.2. The van der Waals surface area contributed by atoms with E-state index in [0.29, 0.717) is 6.92 Å². The number of aliphatic hydroxyl groups excluding tert-OH is 1. The van der Waals surface area contributed by atoms with Crippen LogP contribution in [0.2, 0.25) is 0 Å². The Morgan fingerprint density at radius 1 is 0.905 bits per heavy atom. The Kier molecular flexibility index (Phi) is 4.97. The maximum absolute atomic E-state index is 13.1. The summed E-state index contributed by atoms with van der Waals surface area (Å²) in [5.74, 6) is -14.6. The number of hydrogen-bond donors (Lipinski definition) is 1. The number of nitrogens with zero attached hydrogens (tertiary/aromatic N) is 1. The van der Waals surface area contributed by atoms with Crippen LogP contribution in [0.4, 0.5) is 39.5 Å². The Morgan fingerprint density at radius 3 is 1.48 bits per heavy atom. The Labute approximate surface area is 112 Å². The molecule has 1 atom stereocenters. The van der Waals surface area contributed by atoms with Gasteiger partial charge in [0.05, 0.1) is 0 Å². The van der Waals surface area contributed by atoms with Crippen LogP contribution in [0.5, 0.6) is 0 Å². The molecule has 0 aliphatic rings. The van der Waals surface area contributed by atoms with Gasteiger partial charge in [-0.2, -0.15) is 43.8 Å². The highest BCUT2D eigenvalue weighted by Crippen LogP contribution is 2.55. The highest BCUT2D eigenvalue weighted by molar-refractivity contribution is 7.90. The molecule has 0 radical (unpaired) electrons. The lowest BCUT2D eigenvalue weighted by Gasteiger charge is -2.35. The van der Waals surface area contributed by atoms with Gasteiger partial charge in [-0.15, -0.1) is 0 Å². The van der Waals surface area contributed by atoms with Crippen LogP contribution >= 0.6 is 0 Å². The highest BCUT2D eigenvalue weighted by atomic mass is 32.2. The summed E-state index contributed by atoms with van der Waals surface area (Å²) in [4.78, 5) is 0. The van der Waals surface area contributed by atoms with Crippen molar-refractivity contribution in [3.05, 3.63) is 0 Å². The molecule has 0 fully saturated rings. The van der Waals surface area contributed by atoms with E-state index in [4.69, 9.17) is 5.11 Å². The summed E-state index contributed by atoms with van der Waals surface area (Å²) in [5.41, 5.74) is 0. The predicted octanol–water partition coefficient (Wildman–Crippen LogP) is 2.01. The number of rotatable bonds is 5. The average molecular weight is 357 g/mol. The summed E-state index contributed by atoms with van der Waals surface area (Å²) in [5, 5.41) is 1.88. The zero-order valence-electron chi connectivity index (χ0n) is 10.1. The summed E-state index contributed by atoms with van der Waals surface area (Å²) in [6, 6.07) is 0. The van der Waals surface area contributed by atoms with E-state index in [0.717, 1.165) is 0 Å². The van der Waals surface area contributed by atoms with Gasteiger partial charge in [0.25, 0.3) is 10.0 Å². The van der Waals surface area contributed by atoms with Crippen LogP contribution in [0.15, 0.2) is 0 Å². The molecule has 0 bridgehead atoms. The van der Waals surface area contributed by atoms with Crippen molar-refractivity contribution in [3.63, 3.8) is 0 Å². The maximum Gasteiger partial charge on any atom is 0.460 e. The molecule has 0 aromatic rings. The third-order valence-electron chi connectivity index (χ3n) is 2.35. The fourth-order valence-electron chi connectivity index (χ4n) is 0.904. The third-order valence-corrected chi connectivity index (χ3v) is 4.31. The third kappa shape index (κ3) is 2.79. The van der Waals surface area contributed by atoms with Gasteiger partial charge in [0, 0.05) is 7.05 Å². The van der Waals surface area contributed by atoms with Crippen molar-refractivity contribution in [1.29, 1.82) is 0 Å². The van der Waals surface area contributed by atoms with Crippen LogP contribution in [0.25, 0.3) is 0 Å². The smallest absolute Gasteiger partial charge is 0.378 e. The van der Waals surface area contributed by atoms with Gasteiger partial charge in [0.2, 0.25) is 0 Å². The SMILES string of the molecule is CC(O)N(C)S(=O)(=O)C(F)(F)C(F)(F)C(F)(F)C(F)(F)F. The molecule has 0 amide bonds. The topological polar surface area (TPSA) is 57.6 Å². The van der Waals surface area contributed by atoms with Crippen LogP contribution in [-0.2, 0) is 10.0 Å². The monoisotopic (exact) mass is 357 g/mol. The van der Waals surface area contributed by atoms with E-state index in [9.17, 15) is 47.9 Å². The van der Waals surface area contributed by atoms with Crippen molar-refractivity contribution in [2.75, 3.05) is 7.05 Å². The molecule has 0 saturated heterocycles. The molecule has 14 heteroatoms. The Hall–Kier alpha value is -0.760. The van der Waals surface area contributed by atoms with Crippen LogP contribution in [0, 0.1) is 0 Å². The fraction of sp³-hybridized carbons (Fsp3) is 1.00. The van der Waals surface area contributed by atoms with Gasteiger partial charge in [0.1, 0.15) is 6.23 Å². The minimum absolute atomic E-state index is 0.0930. The number of sulfonamides is 1. The van der Waals surface area contributed by atoms with Crippen molar-refractivity contribution in [2.45, 2.75) is 36.4 Å². The minimum atomic E-state index is -7.32. The summed E-state index contributed by atoms with van der Waals surface area (Å²) in [7, 11) is -6.63. The molecule has 0 aliphatic heterocycles. The predicted molar refractivity (Wildman–Crippen MR) is 49.3 cm³/mol. The standard InChI is InChI=1S/C7H8F9NO3S/c1-3(18)17(2)21(19,20)7(15,16)5(10,11)4(8,9)6(12,13)14/h3,18H,1-2H3. The van der Waals surface area contributed by atoms with E-state index < -0.39 is 43.8 Å². The molecule has 0 rings (SSSR count). The minimum Gasteiger partial charge on any atom is -0.378 e. The first-order valence-corrected chi connectivity index (χ1v) is 6.15. The number of hydrogen-bond acceptors (Lipinski definition) is 3. The van der Waals surface area contributed by atoms with Gasteiger partial charge >= 0.3 is 23.3 Å². The molecule has 0 saturated carbocycles. The first kappa shape index (κ1) is 20.2. The molecule has 0 aromatic heterocycles. The van der Waals surface area contributed by atoms with E-state index >= 15 is 0 Å². The van der Waals surface area contributed by atoms with E-state index in [1.54, 1.807) is 0 Å². The maximum atomic E-state index is 13.1. The van der Waals surface area contributed by atoms with Gasteiger partial charge in [-0.25, -0.2) is 8.42 Å². The van der Waals surface area contributed by atoms with Crippen molar-refractivity contribution in [3.8, 4) is 0 Å². The van der Waals surface area contributed by atoms with Gasteiger partial charge < -0.3 is 5.11 Å². The van der Waals surface area contributed by atoms with Gasteiger partial charge in [-0.1, -0.05) is 0 Å². The highest BCUT2D eigenvalue weighted by Gasteiger charge is 2.85. The van der Waals surface area contributed by atoms with Crippen molar-refractivity contribution < 1.29 is 53.0 Å². The lowest BCUT2D eigenvalue weighted by Crippen LogP contribution is -2.65. The molecule has 4 nitrogen and oxygen atoms in total. The molecule has 128 valence electrons. The molecule has 21 heavy (non-hydrogen) atoms. The Balaban J connectivity index is 6.14. The largest absolute Gasteiger partial charge is 0.460 e. The lowest BCUT2D eigenvalue weighted by atomic mass is 10.1. The molecule has 0 aromatic carbocycles. The van der Waals surface area contributed by atoms with Gasteiger partial charge in [-0.3, -0.25) is 0 Å². The van der Waals surface area contributed by atoms with E-state index in [1.807, 2.05) is 0 Å². The second-order valence-electron chi connectivity index (χ2n) is 3.82. The Bertz CT molecular complexity index is 484.